The number of methoxy groups -OCH3 is 1. The first-order valence-corrected chi connectivity index (χ1v) is 9.38. The van der Waals surface area contributed by atoms with Crippen LogP contribution >= 0.6 is 0 Å². The van der Waals surface area contributed by atoms with Crippen molar-refractivity contribution in [3.05, 3.63) is 89.2 Å². The molecule has 1 atom stereocenters. The van der Waals surface area contributed by atoms with Crippen molar-refractivity contribution in [2.24, 2.45) is 10.9 Å². The Morgan fingerprint density at radius 1 is 1.14 bits per heavy atom. The summed E-state index contributed by atoms with van der Waals surface area (Å²) in [6.07, 6.45) is 5.71. The van der Waals surface area contributed by atoms with Gasteiger partial charge in [-0.15, -0.1) is 0 Å². The van der Waals surface area contributed by atoms with E-state index in [1.54, 1.807) is 7.11 Å². The molecule has 0 saturated heterocycles. The van der Waals surface area contributed by atoms with Gasteiger partial charge in [0.2, 0.25) is 0 Å². The monoisotopic (exact) mass is 383 g/mol. The maximum Gasteiger partial charge on any atom is 0.120 e. The van der Waals surface area contributed by atoms with Gasteiger partial charge in [-0.2, -0.15) is 5.26 Å². The van der Waals surface area contributed by atoms with Crippen LogP contribution in [0.1, 0.15) is 11.1 Å². The summed E-state index contributed by atoms with van der Waals surface area (Å²) in [5.41, 5.74) is 5.45. The van der Waals surface area contributed by atoms with Gasteiger partial charge in [-0.25, -0.2) is 4.99 Å². The highest BCUT2D eigenvalue weighted by molar-refractivity contribution is 6.09. The Kier molecular flexibility index (Phi) is 5.17. The minimum atomic E-state index is 0.0518. The third-order valence-corrected chi connectivity index (χ3v) is 4.97. The number of nitrogens with zero attached hydrogens (tertiary/aromatic N) is 2. The first kappa shape index (κ1) is 18.6. The molecule has 0 amide bonds. The van der Waals surface area contributed by atoms with Crippen molar-refractivity contribution in [1.29, 1.82) is 5.26 Å². The Hall–Kier alpha value is -3.78. The second kappa shape index (κ2) is 8.07. The zero-order chi connectivity index (χ0) is 20.2. The highest BCUT2D eigenvalue weighted by Crippen LogP contribution is 2.35. The number of hydrogen-bond acceptors (Lipinski definition) is 5. The number of hydrogen-bond donors (Lipinski definition) is 1. The summed E-state index contributed by atoms with van der Waals surface area (Å²) in [6, 6.07) is 17.9. The van der Waals surface area contributed by atoms with Gasteiger partial charge in [0, 0.05) is 12.6 Å². The normalized spacial score (nSPS) is 17.2. The molecule has 0 aromatic heterocycles. The van der Waals surface area contributed by atoms with Crippen LogP contribution in [0.15, 0.2) is 83.0 Å². The van der Waals surface area contributed by atoms with Crippen molar-refractivity contribution in [3.8, 4) is 17.6 Å². The van der Waals surface area contributed by atoms with Gasteiger partial charge in [0.1, 0.15) is 18.1 Å². The molecule has 0 saturated carbocycles. The SMILES string of the molecule is CNC1=C(c2cccc(OCc3ccc(OC)cc3)c2)N=C2C=C(C#N)C=CC21. The Morgan fingerprint density at radius 2 is 1.97 bits per heavy atom. The van der Waals surface area contributed by atoms with Gasteiger partial charge >= 0.3 is 0 Å². The second-order valence-electron chi connectivity index (χ2n) is 6.76. The van der Waals surface area contributed by atoms with E-state index in [2.05, 4.69) is 11.4 Å². The highest BCUT2D eigenvalue weighted by atomic mass is 16.5. The molecule has 0 spiro atoms. The summed E-state index contributed by atoms with van der Waals surface area (Å²) in [6.45, 7) is 0.472. The molecule has 144 valence electrons. The van der Waals surface area contributed by atoms with Crippen molar-refractivity contribution < 1.29 is 9.47 Å². The van der Waals surface area contributed by atoms with Crippen molar-refractivity contribution in [2.45, 2.75) is 6.61 Å². The molecular formula is C24H21N3O2. The molecule has 2 aliphatic rings. The molecule has 1 heterocycles. The number of ether oxygens (including phenoxy) is 2. The number of rotatable bonds is 6. The Balaban J connectivity index is 1.56. The molecular weight excluding hydrogens is 362 g/mol. The van der Waals surface area contributed by atoms with E-state index in [-0.39, 0.29) is 5.92 Å². The number of benzene rings is 2. The molecule has 5 nitrogen and oxygen atoms in total. The lowest BCUT2D eigenvalue weighted by molar-refractivity contribution is 0.306. The zero-order valence-electron chi connectivity index (χ0n) is 16.3. The number of nitriles is 1. The van der Waals surface area contributed by atoms with E-state index in [1.165, 1.54) is 0 Å². The van der Waals surface area contributed by atoms with E-state index in [0.29, 0.717) is 12.2 Å². The fraction of sp³-hybridized carbons (Fsp3) is 0.167. The van der Waals surface area contributed by atoms with Gasteiger partial charge < -0.3 is 14.8 Å². The summed E-state index contributed by atoms with van der Waals surface area (Å²) in [4.78, 5) is 4.79. The maximum absolute atomic E-state index is 9.16. The molecule has 0 fully saturated rings. The van der Waals surface area contributed by atoms with Crippen LogP contribution in [0.2, 0.25) is 0 Å². The van der Waals surface area contributed by atoms with E-state index >= 15 is 0 Å². The third-order valence-electron chi connectivity index (χ3n) is 4.97. The van der Waals surface area contributed by atoms with E-state index in [0.717, 1.165) is 39.7 Å². The standard InChI is InChI=1S/C24H21N3O2/c1-26-24-21-11-8-17(14-25)12-22(21)27-23(24)18-4-3-5-20(13-18)29-15-16-6-9-19(28-2)10-7-16/h3-13,21,26H,15H2,1-2H3. The maximum atomic E-state index is 9.16. The van der Waals surface area contributed by atoms with E-state index in [4.69, 9.17) is 19.7 Å². The fourth-order valence-electron chi connectivity index (χ4n) is 3.46. The number of fused-ring (bicyclic) bond motifs is 1. The quantitative estimate of drug-likeness (QED) is 0.810. The molecule has 0 bridgehead atoms. The van der Waals surface area contributed by atoms with Crippen LogP contribution in [0.5, 0.6) is 11.5 Å². The molecule has 4 rings (SSSR count). The van der Waals surface area contributed by atoms with Crippen LogP contribution in [-0.4, -0.2) is 19.9 Å². The average molecular weight is 383 g/mol. The van der Waals surface area contributed by atoms with Crippen LogP contribution in [0.3, 0.4) is 0 Å². The van der Waals surface area contributed by atoms with E-state index in [1.807, 2.05) is 73.8 Å². The first-order valence-electron chi connectivity index (χ1n) is 9.38. The summed E-state index contributed by atoms with van der Waals surface area (Å²) < 4.78 is 11.2. The summed E-state index contributed by atoms with van der Waals surface area (Å²) in [7, 11) is 3.55. The summed E-state index contributed by atoms with van der Waals surface area (Å²) in [5, 5.41) is 12.4. The number of aliphatic imine (C=N–C) groups is 1. The van der Waals surface area contributed by atoms with Crippen molar-refractivity contribution >= 4 is 11.4 Å². The number of nitrogens with one attached hydrogen (secondary N) is 1. The fourth-order valence-corrected chi connectivity index (χ4v) is 3.46. The molecule has 29 heavy (non-hydrogen) atoms. The largest absolute Gasteiger partial charge is 0.497 e. The van der Waals surface area contributed by atoms with Crippen LogP contribution in [0.4, 0.5) is 0 Å². The molecule has 1 aliphatic carbocycles. The van der Waals surface area contributed by atoms with Crippen LogP contribution in [0.25, 0.3) is 5.70 Å². The smallest absolute Gasteiger partial charge is 0.120 e. The molecule has 5 heteroatoms. The second-order valence-corrected chi connectivity index (χ2v) is 6.76. The van der Waals surface area contributed by atoms with Gasteiger partial charge in [0.05, 0.1) is 41.8 Å². The summed E-state index contributed by atoms with van der Waals surface area (Å²) >= 11 is 0. The predicted octanol–water partition coefficient (Wildman–Crippen LogP) is 4.25. The zero-order valence-corrected chi connectivity index (χ0v) is 16.3. The van der Waals surface area contributed by atoms with Crippen LogP contribution < -0.4 is 14.8 Å². The van der Waals surface area contributed by atoms with Crippen molar-refractivity contribution in [3.63, 3.8) is 0 Å². The van der Waals surface area contributed by atoms with E-state index in [9.17, 15) is 0 Å². The van der Waals surface area contributed by atoms with Crippen molar-refractivity contribution in [2.75, 3.05) is 14.2 Å². The van der Waals surface area contributed by atoms with Crippen LogP contribution in [-0.2, 0) is 6.61 Å². The lowest BCUT2D eigenvalue weighted by atomic mass is 9.93. The Bertz CT molecular complexity index is 1090. The third kappa shape index (κ3) is 3.78. The van der Waals surface area contributed by atoms with Gasteiger partial charge in [0.15, 0.2) is 0 Å². The van der Waals surface area contributed by atoms with Gasteiger partial charge in [0.25, 0.3) is 0 Å². The lowest BCUT2D eigenvalue weighted by Crippen LogP contribution is -2.20. The Labute approximate surface area is 170 Å². The van der Waals surface area contributed by atoms with E-state index < -0.39 is 0 Å². The molecule has 0 radical (unpaired) electrons. The highest BCUT2D eigenvalue weighted by Gasteiger charge is 2.29. The molecule has 1 unspecified atom stereocenters. The minimum Gasteiger partial charge on any atom is -0.497 e. The van der Waals surface area contributed by atoms with Crippen molar-refractivity contribution in [1.82, 2.24) is 5.32 Å². The summed E-state index contributed by atoms with van der Waals surface area (Å²) in [5.74, 6) is 1.66. The molecule has 2 aromatic rings. The lowest BCUT2D eigenvalue weighted by Gasteiger charge is -2.15. The van der Waals surface area contributed by atoms with Gasteiger partial charge in [-0.05, 0) is 42.0 Å². The first-order chi connectivity index (χ1) is 14.2. The molecule has 2 aromatic carbocycles. The Morgan fingerprint density at radius 3 is 2.69 bits per heavy atom. The average Bonchev–Trinajstić information content (AvgIpc) is 3.16. The predicted molar refractivity (Wildman–Crippen MR) is 114 cm³/mol. The minimum absolute atomic E-state index is 0.0518. The molecule has 1 N–H and O–H groups in total. The number of allylic oxidation sites excluding steroid dienone is 4. The topological polar surface area (TPSA) is 66.6 Å². The van der Waals surface area contributed by atoms with Gasteiger partial charge in [-0.3, -0.25) is 0 Å². The van der Waals surface area contributed by atoms with Gasteiger partial charge in [-0.1, -0.05) is 30.3 Å². The molecule has 1 aliphatic heterocycles. The van der Waals surface area contributed by atoms with Crippen LogP contribution in [0, 0.1) is 17.2 Å².